The second-order valence-electron chi connectivity index (χ2n) is 6.89. The average Bonchev–Trinajstić information content (AvgIpc) is 3.18. The predicted octanol–water partition coefficient (Wildman–Crippen LogP) is 4.22. The van der Waals surface area contributed by atoms with Crippen molar-refractivity contribution < 1.29 is 4.74 Å². The van der Waals surface area contributed by atoms with Crippen molar-refractivity contribution in [1.82, 2.24) is 9.97 Å². The van der Waals surface area contributed by atoms with E-state index in [4.69, 9.17) is 9.72 Å². The van der Waals surface area contributed by atoms with Gasteiger partial charge in [0.25, 0.3) is 5.56 Å². The summed E-state index contributed by atoms with van der Waals surface area (Å²) in [6.45, 7) is 1.59. The van der Waals surface area contributed by atoms with Gasteiger partial charge in [0.15, 0.2) is 0 Å². The molecule has 0 fully saturated rings. The van der Waals surface area contributed by atoms with Crippen LogP contribution in [0.1, 0.15) is 11.1 Å². The van der Waals surface area contributed by atoms with Gasteiger partial charge >= 0.3 is 0 Å². The van der Waals surface area contributed by atoms with Crippen molar-refractivity contribution in [3.05, 3.63) is 75.4 Å². The smallest absolute Gasteiger partial charge is 0.270 e. The number of nitrogens with one attached hydrogen (secondary N) is 1. The van der Waals surface area contributed by atoms with E-state index in [1.807, 2.05) is 29.6 Å². The van der Waals surface area contributed by atoms with Gasteiger partial charge < -0.3 is 9.64 Å². The van der Waals surface area contributed by atoms with Crippen LogP contribution in [-0.4, -0.2) is 23.6 Å². The highest BCUT2D eigenvalue weighted by Gasteiger charge is 2.20. The Morgan fingerprint density at radius 1 is 1.14 bits per heavy atom. The first kappa shape index (κ1) is 17.0. The molecule has 0 amide bonds. The highest BCUT2D eigenvalue weighted by Crippen LogP contribution is 2.33. The van der Waals surface area contributed by atoms with Crippen LogP contribution in [0.3, 0.4) is 0 Å². The van der Waals surface area contributed by atoms with E-state index in [0.29, 0.717) is 10.6 Å². The van der Waals surface area contributed by atoms with Crippen LogP contribution < -0.4 is 15.2 Å². The Labute approximate surface area is 166 Å². The van der Waals surface area contributed by atoms with Crippen LogP contribution in [0, 0.1) is 0 Å². The molecule has 0 atom stereocenters. The van der Waals surface area contributed by atoms with E-state index in [9.17, 15) is 4.79 Å². The summed E-state index contributed by atoms with van der Waals surface area (Å²) in [5.41, 5.74) is 5.28. The highest BCUT2D eigenvalue weighted by molar-refractivity contribution is 7.17. The maximum Gasteiger partial charge on any atom is 0.270 e. The number of hydrogen-bond donors (Lipinski definition) is 1. The maximum atomic E-state index is 12.7. The van der Waals surface area contributed by atoms with Crippen LogP contribution in [-0.2, 0) is 13.0 Å². The van der Waals surface area contributed by atoms with Gasteiger partial charge in [0, 0.05) is 24.0 Å². The van der Waals surface area contributed by atoms with Crippen molar-refractivity contribution in [3.8, 4) is 16.9 Å². The molecule has 3 heterocycles. The molecule has 140 valence electrons. The molecule has 6 heteroatoms. The summed E-state index contributed by atoms with van der Waals surface area (Å²) < 4.78 is 6.00. The summed E-state index contributed by atoms with van der Waals surface area (Å²) in [6.07, 6.45) is 0.949. The molecule has 0 radical (unpaired) electrons. The van der Waals surface area contributed by atoms with E-state index in [-0.39, 0.29) is 5.56 Å². The molecular weight excluding hydrogens is 370 g/mol. The van der Waals surface area contributed by atoms with Crippen molar-refractivity contribution in [2.45, 2.75) is 13.0 Å². The first-order valence-electron chi connectivity index (χ1n) is 9.20. The molecule has 0 aliphatic carbocycles. The number of hydrogen-bond acceptors (Lipinski definition) is 5. The number of rotatable bonds is 3. The number of methoxy groups -OCH3 is 1. The molecule has 0 saturated carbocycles. The van der Waals surface area contributed by atoms with Gasteiger partial charge in [-0.05, 0) is 35.2 Å². The van der Waals surface area contributed by atoms with Crippen LogP contribution in [0.15, 0.2) is 58.7 Å². The molecule has 2 aromatic carbocycles. The fourth-order valence-corrected chi connectivity index (χ4v) is 4.65. The second-order valence-corrected chi connectivity index (χ2v) is 7.77. The maximum absolute atomic E-state index is 12.7. The number of thiophene rings is 1. The van der Waals surface area contributed by atoms with Gasteiger partial charge in [-0.2, -0.15) is 0 Å². The third kappa shape index (κ3) is 2.86. The summed E-state index contributed by atoms with van der Waals surface area (Å²) in [4.78, 5) is 22.7. The van der Waals surface area contributed by atoms with Gasteiger partial charge in [0.05, 0.1) is 12.6 Å². The van der Waals surface area contributed by atoms with Gasteiger partial charge in [-0.15, -0.1) is 11.3 Å². The van der Waals surface area contributed by atoms with E-state index in [2.05, 4.69) is 34.1 Å². The fraction of sp³-hybridized carbons (Fsp3) is 0.182. The van der Waals surface area contributed by atoms with Crippen molar-refractivity contribution in [3.63, 3.8) is 0 Å². The predicted molar refractivity (Wildman–Crippen MR) is 113 cm³/mol. The molecule has 2 aromatic heterocycles. The minimum absolute atomic E-state index is 0.0852. The van der Waals surface area contributed by atoms with Crippen molar-refractivity contribution in [1.29, 1.82) is 0 Å². The normalized spacial score (nSPS) is 13.5. The average molecular weight is 389 g/mol. The minimum Gasteiger partial charge on any atom is -0.497 e. The summed E-state index contributed by atoms with van der Waals surface area (Å²) in [5, 5.41) is 2.00. The number of fused-ring (bicyclic) bond motifs is 2. The lowest BCUT2D eigenvalue weighted by Crippen LogP contribution is -2.33. The Hall–Kier alpha value is -3.12. The van der Waals surface area contributed by atoms with Crippen molar-refractivity contribution in [2.75, 3.05) is 18.6 Å². The number of aromatic nitrogens is 2. The topological polar surface area (TPSA) is 58.2 Å². The lowest BCUT2D eigenvalue weighted by Gasteiger charge is -2.29. The molecular formula is C22H19N3O2S. The first-order valence-corrected chi connectivity index (χ1v) is 10.1. The molecule has 0 spiro atoms. The van der Waals surface area contributed by atoms with E-state index < -0.39 is 0 Å². The lowest BCUT2D eigenvalue weighted by molar-refractivity contribution is 0.415. The van der Waals surface area contributed by atoms with Gasteiger partial charge in [-0.25, -0.2) is 4.98 Å². The van der Waals surface area contributed by atoms with Crippen molar-refractivity contribution in [2.24, 2.45) is 0 Å². The van der Waals surface area contributed by atoms with E-state index in [1.165, 1.54) is 22.5 Å². The third-order valence-corrected chi connectivity index (χ3v) is 6.19. The second kappa shape index (κ2) is 6.80. The Balaban J connectivity index is 1.59. The van der Waals surface area contributed by atoms with Gasteiger partial charge in [0.2, 0.25) is 5.95 Å². The van der Waals surface area contributed by atoms with E-state index in [0.717, 1.165) is 41.9 Å². The zero-order valence-electron chi connectivity index (χ0n) is 15.4. The quantitative estimate of drug-likeness (QED) is 0.570. The molecule has 28 heavy (non-hydrogen) atoms. The Kier molecular flexibility index (Phi) is 4.13. The van der Waals surface area contributed by atoms with Crippen molar-refractivity contribution >= 4 is 27.5 Å². The molecule has 4 aromatic rings. The zero-order chi connectivity index (χ0) is 19.1. The standard InChI is InChI=1S/C22H19N3O2S/c1-27-17-8-4-7-15(11-17)18-13-28-20-19(18)23-22(24-21(20)26)25-10-9-14-5-2-3-6-16(14)12-25/h2-8,11,13H,9-10,12H2,1H3,(H,23,24,26). The molecule has 1 aliphatic heterocycles. The van der Waals surface area contributed by atoms with Crippen LogP contribution in [0.25, 0.3) is 21.3 Å². The number of benzene rings is 2. The van der Waals surface area contributed by atoms with E-state index in [1.54, 1.807) is 7.11 Å². The van der Waals surface area contributed by atoms with Crippen LogP contribution >= 0.6 is 11.3 Å². The lowest BCUT2D eigenvalue weighted by atomic mass is 10.0. The number of nitrogens with zero attached hydrogens (tertiary/aromatic N) is 2. The van der Waals surface area contributed by atoms with Crippen LogP contribution in [0.5, 0.6) is 5.75 Å². The molecule has 0 saturated heterocycles. The summed E-state index contributed by atoms with van der Waals surface area (Å²) in [7, 11) is 1.65. The molecule has 5 nitrogen and oxygen atoms in total. The number of H-pyrrole nitrogens is 1. The molecule has 0 unspecified atom stereocenters. The molecule has 5 rings (SSSR count). The SMILES string of the molecule is COc1cccc(-c2csc3c(=O)[nH]c(N4CCc5ccccc5C4)nc23)c1. The van der Waals surface area contributed by atoms with Crippen LogP contribution in [0.2, 0.25) is 0 Å². The third-order valence-electron chi connectivity index (χ3n) is 5.23. The van der Waals surface area contributed by atoms with Gasteiger partial charge in [-0.3, -0.25) is 9.78 Å². The van der Waals surface area contributed by atoms with Crippen LogP contribution in [0.4, 0.5) is 5.95 Å². The number of ether oxygens (including phenoxy) is 1. The molecule has 1 N–H and O–H groups in total. The van der Waals surface area contributed by atoms with E-state index >= 15 is 0 Å². The largest absolute Gasteiger partial charge is 0.497 e. The summed E-state index contributed by atoms with van der Waals surface area (Å²) in [6, 6.07) is 16.3. The highest BCUT2D eigenvalue weighted by atomic mass is 32.1. The molecule has 1 aliphatic rings. The van der Waals surface area contributed by atoms with Gasteiger partial charge in [0.1, 0.15) is 10.4 Å². The fourth-order valence-electron chi connectivity index (χ4n) is 3.74. The zero-order valence-corrected chi connectivity index (χ0v) is 16.3. The Morgan fingerprint density at radius 3 is 2.86 bits per heavy atom. The van der Waals surface area contributed by atoms with Gasteiger partial charge in [-0.1, -0.05) is 36.4 Å². The monoisotopic (exact) mass is 389 g/mol. The first-order chi connectivity index (χ1) is 13.7. The Bertz CT molecular complexity index is 1230. The number of anilines is 1. The number of aromatic amines is 1. The summed E-state index contributed by atoms with van der Waals surface area (Å²) >= 11 is 1.43. The summed E-state index contributed by atoms with van der Waals surface area (Å²) in [5.74, 6) is 1.42. The molecule has 0 bridgehead atoms. The minimum atomic E-state index is -0.0852. The Morgan fingerprint density at radius 2 is 2.00 bits per heavy atom.